The first kappa shape index (κ1) is 7.96. The van der Waals surface area contributed by atoms with Crippen molar-refractivity contribution in [3.05, 3.63) is 16.4 Å². The molecule has 5 heteroatoms. The van der Waals surface area contributed by atoms with E-state index in [1.54, 1.807) is 6.20 Å². The third kappa shape index (κ3) is 0.895. The second-order valence-electron chi connectivity index (χ2n) is 3.48. The van der Waals surface area contributed by atoms with Crippen LogP contribution in [0.25, 0.3) is 0 Å². The molecule has 3 heterocycles. The summed E-state index contributed by atoms with van der Waals surface area (Å²) in [7, 11) is 1.92. The Morgan fingerprint density at radius 1 is 1.77 bits per heavy atom. The molecule has 2 aliphatic heterocycles. The molecule has 0 radical (unpaired) electrons. The van der Waals surface area contributed by atoms with E-state index in [1.165, 1.54) is 0 Å². The van der Waals surface area contributed by atoms with Gasteiger partial charge in [-0.2, -0.15) is 5.10 Å². The maximum atomic E-state index is 5.63. The summed E-state index contributed by atoms with van der Waals surface area (Å²) in [5.74, 6) is 0. The van der Waals surface area contributed by atoms with E-state index in [-0.39, 0.29) is 11.7 Å². The molecule has 0 spiro atoms. The Hall–Kier alpha value is -0.390. The second kappa shape index (κ2) is 2.34. The van der Waals surface area contributed by atoms with E-state index in [4.69, 9.17) is 9.47 Å². The summed E-state index contributed by atoms with van der Waals surface area (Å²) < 4.78 is 13.8. The minimum absolute atomic E-state index is 0.204. The van der Waals surface area contributed by atoms with Gasteiger partial charge >= 0.3 is 0 Å². The molecule has 2 unspecified atom stereocenters. The summed E-state index contributed by atoms with van der Waals surface area (Å²) in [6.07, 6.45) is 2.03. The fraction of sp³-hybridized carbons (Fsp3) is 0.625. The minimum atomic E-state index is -0.204. The summed E-state index contributed by atoms with van der Waals surface area (Å²) in [4.78, 5) is 0. The van der Waals surface area contributed by atoms with Gasteiger partial charge in [0, 0.05) is 7.05 Å². The highest BCUT2D eigenvalue weighted by Crippen LogP contribution is 2.52. The van der Waals surface area contributed by atoms with Crippen LogP contribution in [0.5, 0.6) is 0 Å². The molecule has 2 atom stereocenters. The van der Waals surface area contributed by atoms with E-state index in [9.17, 15) is 0 Å². The van der Waals surface area contributed by atoms with Crippen LogP contribution in [-0.4, -0.2) is 29.1 Å². The molecule has 2 aliphatic rings. The Labute approximate surface area is 83.9 Å². The summed E-state index contributed by atoms with van der Waals surface area (Å²) >= 11 is 3.47. The van der Waals surface area contributed by atoms with Gasteiger partial charge < -0.3 is 9.47 Å². The highest BCUT2D eigenvalue weighted by atomic mass is 79.9. The molecule has 3 rings (SSSR count). The Bertz CT molecular complexity index is 346. The highest BCUT2D eigenvalue weighted by molar-refractivity contribution is 9.10. The Morgan fingerprint density at radius 3 is 3.08 bits per heavy atom. The summed E-state index contributed by atoms with van der Waals surface area (Å²) in [6, 6.07) is 0. The fourth-order valence-electron chi connectivity index (χ4n) is 2.00. The van der Waals surface area contributed by atoms with Gasteiger partial charge in [0.05, 0.1) is 29.6 Å². The van der Waals surface area contributed by atoms with Gasteiger partial charge in [-0.15, -0.1) is 0 Å². The average Bonchev–Trinajstić information content (AvgIpc) is 2.48. The highest BCUT2D eigenvalue weighted by Gasteiger charge is 2.64. The van der Waals surface area contributed by atoms with Gasteiger partial charge in [0.25, 0.3) is 0 Å². The van der Waals surface area contributed by atoms with E-state index >= 15 is 0 Å². The molecule has 0 aliphatic carbocycles. The van der Waals surface area contributed by atoms with E-state index in [0.717, 1.165) is 10.2 Å². The minimum Gasteiger partial charge on any atom is -0.375 e. The third-order valence-electron chi connectivity index (χ3n) is 2.70. The van der Waals surface area contributed by atoms with Gasteiger partial charge in [0.15, 0.2) is 5.60 Å². The topological polar surface area (TPSA) is 39.6 Å². The Balaban J connectivity index is 2.09. The summed E-state index contributed by atoms with van der Waals surface area (Å²) in [5, 5.41) is 4.17. The van der Waals surface area contributed by atoms with Gasteiger partial charge in [-0.25, -0.2) is 0 Å². The molecule has 1 aromatic rings. The van der Waals surface area contributed by atoms with Crippen LogP contribution in [0.3, 0.4) is 0 Å². The smallest absolute Gasteiger partial charge is 0.163 e. The van der Waals surface area contributed by atoms with Gasteiger partial charge in [-0.05, 0) is 15.9 Å². The number of aromatic nitrogens is 2. The van der Waals surface area contributed by atoms with E-state index in [1.807, 2.05) is 11.7 Å². The molecule has 13 heavy (non-hydrogen) atoms. The molecule has 0 aromatic carbocycles. The normalized spacial score (nSPS) is 36.3. The van der Waals surface area contributed by atoms with Gasteiger partial charge in [0.1, 0.15) is 6.10 Å². The van der Waals surface area contributed by atoms with Crippen molar-refractivity contribution in [1.29, 1.82) is 0 Å². The van der Waals surface area contributed by atoms with Crippen LogP contribution >= 0.6 is 15.9 Å². The molecule has 70 valence electrons. The van der Waals surface area contributed by atoms with Gasteiger partial charge in [-0.1, -0.05) is 0 Å². The zero-order chi connectivity index (χ0) is 9.05. The number of ether oxygens (including phenoxy) is 2. The zero-order valence-electron chi connectivity index (χ0n) is 7.16. The van der Waals surface area contributed by atoms with Crippen LogP contribution < -0.4 is 0 Å². The molecule has 0 N–H and O–H groups in total. The molecule has 0 bridgehead atoms. The third-order valence-corrected chi connectivity index (χ3v) is 3.28. The molecule has 1 aromatic heterocycles. The van der Waals surface area contributed by atoms with Gasteiger partial charge in [0.2, 0.25) is 0 Å². The lowest BCUT2D eigenvalue weighted by atomic mass is 10.1. The lowest BCUT2D eigenvalue weighted by Crippen LogP contribution is -2.18. The van der Waals surface area contributed by atoms with Crippen LogP contribution in [0.4, 0.5) is 0 Å². The number of rotatable bonds is 1. The number of aryl methyl sites for hydroxylation is 1. The van der Waals surface area contributed by atoms with Crippen molar-refractivity contribution in [3.63, 3.8) is 0 Å². The molecular formula is C8H9BrN2O2. The van der Waals surface area contributed by atoms with Crippen LogP contribution in [0.1, 0.15) is 5.69 Å². The second-order valence-corrected chi connectivity index (χ2v) is 4.33. The zero-order valence-corrected chi connectivity index (χ0v) is 8.74. The summed E-state index contributed by atoms with van der Waals surface area (Å²) in [5.41, 5.74) is 0.888. The SMILES string of the molecule is Cn1ncc(Br)c1C12COCC1O2. The molecule has 2 fully saturated rings. The molecule has 4 nitrogen and oxygen atoms in total. The molecule has 2 saturated heterocycles. The van der Waals surface area contributed by atoms with E-state index in [0.29, 0.717) is 13.2 Å². The lowest BCUT2D eigenvalue weighted by Gasteiger charge is -2.08. The number of halogens is 1. The molecule has 0 saturated carbocycles. The first-order chi connectivity index (χ1) is 6.24. The number of hydrogen-bond acceptors (Lipinski definition) is 3. The quantitative estimate of drug-likeness (QED) is 0.687. The predicted octanol–water partition coefficient (Wildman–Crippen LogP) is 0.807. The first-order valence-corrected chi connectivity index (χ1v) is 4.97. The van der Waals surface area contributed by atoms with E-state index < -0.39 is 0 Å². The van der Waals surface area contributed by atoms with Crippen molar-refractivity contribution in [2.45, 2.75) is 11.7 Å². The van der Waals surface area contributed by atoms with Crippen LogP contribution in [0.15, 0.2) is 10.7 Å². The Kier molecular flexibility index (Phi) is 1.44. The van der Waals surface area contributed by atoms with Crippen molar-refractivity contribution >= 4 is 15.9 Å². The van der Waals surface area contributed by atoms with Crippen LogP contribution in [0.2, 0.25) is 0 Å². The van der Waals surface area contributed by atoms with Gasteiger partial charge in [-0.3, -0.25) is 4.68 Å². The molecular weight excluding hydrogens is 236 g/mol. The fourth-order valence-corrected chi connectivity index (χ4v) is 2.68. The molecule has 0 amide bonds. The van der Waals surface area contributed by atoms with Crippen LogP contribution in [0, 0.1) is 0 Å². The van der Waals surface area contributed by atoms with Crippen molar-refractivity contribution in [3.8, 4) is 0 Å². The maximum absolute atomic E-state index is 5.63. The number of nitrogens with zero attached hydrogens (tertiary/aromatic N) is 2. The van der Waals surface area contributed by atoms with Crippen molar-refractivity contribution in [2.24, 2.45) is 7.05 Å². The standard InChI is InChI=1S/C8H9BrN2O2/c1-11-7(5(9)2-10-11)8-4-12-3-6(8)13-8/h2,6H,3-4H2,1H3. The van der Waals surface area contributed by atoms with Crippen LogP contribution in [-0.2, 0) is 22.1 Å². The average molecular weight is 245 g/mol. The summed E-state index contributed by atoms with van der Waals surface area (Å²) in [6.45, 7) is 1.35. The predicted molar refractivity (Wildman–Crippen MR) is 48.3 cm³/mol. The van der Waals surface area contributed by atoms with E-state index in [2.05, 4.69) is 21.0 Å². The van der Waals surface area contributed by atoms with Crippen molar-refractivity contribution < 1.29 is 9.47 Å². The maximum Gasteiger partial charge on any atom is 0.163 e. The Morgan fingerprint density at radius 2 is 2.62 bits per heavy atom. The first-order valence-electron chi connectivity index (χ1n) is 4.17. The lowest BCUT2D eigenvalue weighted by molar-refractivity contribution is 0.0662. The van der Waals surface area contributed by atoms with Crippen molar-refractivity contribution in [1.82, 2.24) is 9.78 Å². The monoisotopic (exact) mass is 244 g/mol. The number of epoxide rings is 1. The largest absolute Gasteiger partial charge is 0.375 e. The number of fused-ring (bicyclic) bond motifs is 1. The number of hydrogen-bond donors (Lipinski definition) is 0. The van der Waals surface area contributed by atoms with Crippen molar-refractivity contribution in [2.75, 3.05) is 13.2 Å².